The van der Waals surface area contributed by atoms with Crippen molar-refractivity contribution in [1.29, 1.82) is 0 Å². The van der Waals surface area contributed by atoms with Gasteiger partial charge in [0.15, 0.2) is 11.4 Å². The van der Waals surface area contributed by atoms with E-state index in [9.17, 15) is 13.2 Å². The molecular weight excluding hydrogens is 476 g/mol. The number of hydrogen-bond acceptors (Lipinski definition) is 5. The van der Waals surface area contributed by atoms with E-state index in [0.29, 0.717) is 33.6 Å². The zero-order valence-corrected chi connectivity index (χ0v) is 19.7. The average Bonchev–Trinajstić information content (AvgIpc) is 3.39. The van der Waals surface area contributed by atoms with Crippen LogP contribution in [0.1, 0.15) is 16.2 Å². The Morgan fingerprint density at radius 3 is 2.62 bits per heavy atom. The number of imidazole rings is 1. The van der Waals surface area contributed by atoms with Crippen molar-refractivity contribution in [3.8, 4) is 11.3 Å². The third kappa shape index (κ3) is 4.23. The summed E-state index contributed by atoms with van der Waals surface area (Å²) in [6.07, 6.45) is 2.88. The molecule has 8 nitrogen and oxygen atoms in total. The Kier molecular flexibility index (Phi) is 5.30. The number of carbonyl (C=O) groups excluding carboxylic acids is 1. The lowest BCUT2D eigenvalue weighted by Gasteiger charge is -2.07. The number of aromatic nitrogens is 2. The number of hydrogen-bond donors (Lipinski definition) is 2. The second-order valence-corrected chi connectivity index (χ2v) is 10.0. The maximum Gasteiger partial charge on any atom is 0.292 e. The van der Waals surface area contributed by atoms with E-state index in [2.05, 4.69) is 15.0 Å². The van der Waals surface area contributed by atoms with E-state index >= 15 is 0 Å². The quantitative estimate of drug-likeness (QED) is 0.343. The predicted octanol–water partition coefficient (Wildman–Crippen LogP) is 5.33. The van der Waals surface area contributed by atoms with E-state index in [-0.39, 0.29) is 5.76 Å². The first-order chi connectivity index (χ1) is 16.2. The Labute approximate surface area is 200 Å². The molecule has 0 saturated heterocycles. The number of amides is 1. The van der Waals surface area contributed by atoms with E-state index in [1.807, 2.05) is 24.3 Å². The van der Waals surface area contributed by atoms with Crippen molar-refractivity contribution in [1.82, 2.24) is 9.38 Å². The number of carbonyl (C=O) groups is 1. The molecule has 3 aromatic heterocycles. The number of pyridine rings is 1. The van der Waals surface area contributed by atoms with Crippen LogP contribution < -0.4 is 10.0 Å². The summed E-state index contributed by atoms with van der Waals surface area (Å²) in [6.45, 7) is 1.79. The fraction of sp³-hybridized carbons (Fsp3) is 0.0833. The standard InChI is InChI=1S/C24H19ClN4O4S/c1-14-22(29-11-3-4-19(25)23(29)26-14)27-24(30)21-10-9-20(33-21)17-6-5-16-13-18(28-34(2,31)32)8-7-15(16)12-17/h3-13,28H,1-2H3,(H,27,30). The number of nitrogens with one attached hydrogen (secondary N) is 2. The van der Waals surface area contributed by atoms with E-state index in [4.69, 9.17) is 16.0 Å². The summed E-state index contributed by atoms with van der Waals surface area (Å²) < 4.78 is 32.9. The van der Waals surface area contributed by atoms with Gasteiger partial charge in [0.2, 0.25) is 10.0 Å². The van der Waals surface area contributed by atoms with Gasteiger partial charge in [0.25, 0.3) is 5.91 Å². The van der Waals surface area contributed by atoms with E-state index in [1.54, 1.807) is 53.9 Å². The predicted molar refractivity (Wildman–Crippen MR) is 133 cm³/mol. The number of halogens is 1. The Morgan fingerprint density at radius 1 is 1.06 bits per heavy atom. The van der Waals surface area contributed by atoms with Gasteiger partial charge >= 0.3 is 0 Å². The zero-order chi connectivity index (χ0) is 24.0. The van der Waals surface area contributed by atoms with Gasteiger partial charge in [-0.1, -0.05) is 29.8 Å². The molecule has 0 aliphatic rings. The third-order valence-corrected chi connectivity index (χ3v) is 6.17. The lowest BCUT2D eigenvalue weighted by Crippen LogP contribution is -2.13. The summed E-state index contributed by atoms with van der Waals surface area (Å²) in [5.74, 6) is 0.792. The number of aryl methyl sites for hydroxylation is 1. The number of anilines is 2. The first kappa shape index (κ1) is 22.0. The molecule has 2 aromatic carbocycles. The summed E-state index contributed by atoms with van der Waals surface area (Å²) >= 11 is 6.20. The van der Waals surface area contributed by atoms with Gasteiger partial charge in [-0.2, -0.15) is 0 Å². The maximum absolute atomic E-state index is 12.9. The molecule has 0 aliphatic heterocycles. The molecule has 0 bridgehead atoms. The van der Waals surface area contributed by atoms with Gasteiger partial charge in [-0.15, -0.1) is 0 Å². The molecule has 0 spiro atoms. The van der Waals surface area contributed by atoms with Crippen LogP contribution in [0.5, 0.6) is 0 Å². The molecule has 5 aromatic rings. The Bertz CT molecular complexity index is 1690. The molecule has 3 heterocycles. The number of rotatable bonds is 5. The van der Waals surface area contributed by atoms with Crippen molar-refractivity contribution in [3.05, 3.63) is 83.3 Å². The Morgan fingerprint density at radius 2 is 1.82 bits per heavy atom. The second kappa shape index (κ2) is 8.19. The number of benzene rings is 2. The molecule has 0 unspecified atom stereocenters. The molecule has 0 radical (unpaired) electrons. The molecule has 34 heavy (non-hydrogen) atoms. The summed E-state index contributed by atoms with van der Waals surface area (Å²) in [5, 5.41) is 5.10. The van der Waals surface area contributed by atoms with E-state index in [0.717, 1.165) is 22.6 Å². The fourth-order valence-electron chi connectivity index (χ4n) is 3.76. The van der Waals surface area contributed by atoms with Crippen LogP contribution in [0.3, 0.4) is 0 Å². The topological polar surface area (TPSA) is 106 Å². The van der Waals surface area contributed by atoms with Crippen molar-refractivity contribution < 1.29 is 17.6 Å². The number of furan rings is 1. The fourth-order valence-corrected chi connectivity index (χ4v) is 4.52. The molecule has 172 valence electrons. The van der Waals surface area contributed by atoms with Crippen LogP contribution in [0.15, 0.2) is 71.3 Å². The van der Waals surface area contributed by atoms with Crippen molar-refractivity contribution in [3.63, 3.8) is 0 Å². The summed E-state index contributed by atoms with van der Waals surface area (Å²) in [5.41, 5.74) is 2.47. The van der Waals surface area contributed by atoms with Crippen molar-refractivity contribution >= 4 is 55.5 Å². The highest BCUT2D eigenvalue weighted by molar-refractivity contribution is 7.92. The van der Waals surface area contributed by atoms with Crippen molar-refractivity contribution in [2.75, 3.05) is 16.3 Å². The molecule has 0 saturated carbocycles. The lowest BCUT2D eigenvalue weighted by molar-refractivity contribution is 0.0997. The Balaban J connectivity index is 1.40. The summed E-state index contributed by atoms with van der Waals surface area (Å²) in [6, 6.07) is 17.8. The zero-order valence-electron chi connectivity index (χ0n) is 18.2. The largest absolute Gasteiger partial charge is 0.451 e. The maximum atomic E-state index is 12.9. The van der Waals surface area contributed by atoms with Crippen molar-refractivity contribution in [2.24, 2.45) is 0 Å². The van der Waals surface area contributed by atoms with Crippen LogP contribution in [0.4, 0.5) is 11.5 Å². The number of nitrogens with zero attached hydrogens (tertiary/aromatic N) is 2. The summed E-state index contributed by atoms with van der Waals surface area (Å²) in [7, 11) is -3.35. The molecular formula is C24H19ClN4O4S. The molecule has 0 fully saturated rings. The first-order valence-electron chi connectivity index (χ1n) is 10.2. The van der Waals surface area contributed by atoms with Crippen LogP contribution in [-0.4, -0.2) is 30.0 Å². The number of sulfonamides is 1. The monoisotopic (exact) mass is 494 g/mol. The number of fused-ring (bicyclic) bond motifs is 2. The van der Waals surface area contributed by atoms with Crippen molar-refractivity contribution in [2.45, 2.75) is 6.92 Å². The Hall–Kier alpha value is -3.82. The van der Waals surface area contributed by atoms with Gasteiger partial charge in [0, 0.05) is 17.4 Å². The highest BCUT2D eigenvalue weighted by atomic mass is 35.5. The van der Waals surface area contributed by atoms with Crippen LogP contribution in [0.2, 0.25) is 5.02 Å². The van der Waals surface area contributed by atoms with E-state index < -0.39 is 15.9 Å². The molecule has 5 rings (SSSR count). The van der Waals surface area contributed by atoms with Crippen LogP contribution >= 0.6 is 11.6 Å². The minimum Gasteiger partial charge on any atom is -0.451 e. The molecule has 10 heteroatoms. The lowest BCUT2D eigenvalue weighted by atomic mass is 10.1. The highest BCUT2D eigenvalue weighted by Gasteiger charge is 2.18. The smallest absolute Gasteiger partial charge is 0.292 e. The first-order valence-corrected chi connectivity index (χ1v) is 12.5. The summed E-state index contributed by atoms with van der Waals surface area (Å²) in [4.78, 5) is 17.3. The second-order valence-electron chi connectivity index (χ2n) is 7.86. The molecule has 0 atom stereocenters. The van der Waals surface area contributed by atoms with Gasteiger partial charge < -0.3 is 9.73 Å². The average molecular weight is 495 g/mol. The van der Waals surface area contributed by atoms with Gasteiger partial charge in [0.1, 0.15) is 11.6 Å². The van der Waals surface area contributed by atoms with Crippen LogP contribution in [0.25, 0.3) is 27.7 Å². The minimum absolute atomic E-state index is 0.152. The van der Waals surface area contributed by atoms with E-state index in [1.165, 1.54) is 0 Å². The van der Waals surface area contributed by atoms with Crippen LogP contribution in [0, 0.1) is 6.92 Å². The highest BCUT2D eigenvalue weighted by Crippen LogP contribution is 2.29. The minimum atomic E-state index is -3.35. The van der Waals surface area contributed by atoms with Gasteiger partial charge in [0.05, 0.1) is 17.0 Å². The van der Waals surface area contributed by atoms with Gasteiger partial charge in [-0.05, 0) is 60.2 Å². The molecule has 1 amide bonds. The SMILES string of the molecule is Cc1nc2c(Cl)cccn2c1NC(=O)c1ccc(-c2ccc3cc(NS(C)(=O)=O)ccc3c2)o1. The van der Waals surface area contributed by atoms with Crippen LogP contribution in [-0.2, 0) is 10.0 Å². The van der Waals surface area contributed by atoms with Gasteiger partial charge in [-0.3, -0.25) is 13.9 Å². The normalized spacial score (nSPS) is 11.7. The molecule has 2 N–H and O–H groups in total. The molecule has 0 aliphatic carbocycles. The third-order valence-electron chi connectivity index (χ3n) is 5.27. The van der Waals surface area contributed by atoms with Gasteiger partial charge in [-0.25, -0.2) is 13.4 Å².